The van der Waals surface area contributed by atoms with Gasteiger partial charge in [-0.1, -0.05) is 13.8 Å². The number of quaternary nitrogens is 2. The van der Waals surface area contributed by atoms with Gasteiger partial charge in [0.2, 0.25) is 0 Å². The van der Waals surface area contributed by atoms with Crippen LogP contribution in [0.1, 0.15) is 72.6 Å². The fraction of sp³-hybridized carbons (Fsp3) is 0.943. The third-order valence-electron chi connectivity index (χ3n) is 14.1. The van der Waals surface area contributed by atoms with E-state index in [0.717, 1.165) is 80.6 Å². The van der Waals surface area contributed by atoms with Crippen LogP contribution in [-0.4, -0.2) is 136 Å². The van der Waals surface area contributed by atoms with E-state index in [1.165, 1.54) is 25.7 Å². The second-order valence-electron chi connectivity index (χ2n) is 17.5. The molecule has 2 heterocycles. The van der Waals surface area contributed by atoms with Gasteiger partial charge in [-0.05, 0) is 74.0 Å². The van der Waals surface area contributed by atoms with Gasteiger partial charge in [-0.15, -0.1) is 0 Å². The van der Waals surface area contributed by atoms with E-state index in [4.69, 9.17) is 9.47 Å². The number of rotatable bonds is 4. The van der Waals surface area contributed by atoms with Crippen LogP contribution in [0.25, 0.3) is 0 Å². The second kappa shape index (κ2) is 11.2. The molecule has 4 aliphatic carbocycles. The van der Waals surface area contributed by atoms with Gasteiger partial charge < -0.3 is 18.4 Å². The molecule has 8 heteroatoms. The average Bonchev–Trinajstić information content (AvgIpc) is 3.20. The SMILES string of the molecule is CC(=O)O[C@H]1C[C@@H]2CC[C@@H]3[C@H](CC[C@]4(C)[C@H]3C[C@H](N3CC[N+](C)(C)CC3)[C@@H]4OC(C)=O)[C@]2(C)C[C@@H]1N1CC[N+](C)(C)CC1. The van der Waals surface area contributed by atoms with Crippen LogP contribution in [-0.2, 0) is 19.1 Å². The van der Waals surface area contributed by atoms with Crippen LogP contribution in [0, 0.1) is 34.5 Å². The third kappa shape index (κ3) is 5.81. The lowest BCUT2D eigenvalue weighted by molar-refractivity contribution is -0.894. The summed E-state index contributed by atoms with van der Waals surface area (Å²) in [5.74, 6) is 2.35. The van der Waals surface area contributed by atoms with E-state index in [1.807, 2.05) is 0 Å². The Morgan fingerprint density at radius 2 is 1.26 bits per heavy atom. The Morgan fingerprint density at radius 1 is 0.698 bits per heavy atom. The lowest BCUT2D eigenvalue weighted by Gasteiger charge is -2.62. The largest absolute Gasteiger partial charge is 0.461 e. The minimum Gasteiger partial charge on any atom is -0.461 e. The van der Waals surface area contributed by atoms with Crippen molar-refractivity contribution in [1.82, 2.24) is 9.80 Å². The van der Waals surface area contributed by atoms with Crippen LogP contribution in [0.4, 0.5) is 0 Å². The molecule has 0 spiro atoms. The summed E-state index contributed by atoms with van der Waals surface area (Å²) in [6.07, 6.45) is 8.22. The Hall–Kier alpha value is -1.22. The van der Waals surface area contributed by atoms with Gasteiger partial charge in [0, 0.05) is 57.5 Å². The first-order valence-electron chi connectivity index (χ1n) is 17.6. The Balaban J connectivity index is 1.26. The topological polar surface area (TPSA) is 59.1 Å². The van der Waals surface area contributed by atoms with Gasteiger partial charge in [-0.2, -0.15) is 0 Å². The van der Waals surface area contributed by atoms with Gasteiger partial charge in [0.1, 0.15) is 12.2 Å². The van der Waals surface area contributed by atoms with Crippen molar-refractivity contribution in [2.75, 3.05) is 80.5 Å². The normalized spacial score (nSPS) is 46.2. The molecule has 0 amide bonds. The minimum absolute atomic E-state index is 0.00234. The highest BCUT2D eigenvalue weighted by Crippen LogP contribution is 2.67. The molecule has 2 saturated heterocycles. The van der Waals surface area contributed by atoms with Crippen LogP contribution in [0.5, 0.6) is 0 Å². The van der Waals surface area contributed by atoms with Crippen LogP contribution in [0.2, 0.25) is 0 Å². The van der Waals surface area contributed by atoms with E-state index in [1.54, 1.807) is 13.8 Å². The van der Waals surface area contributed by atoms with Crippen molar-refractivity contribution in [2.45, 2.75) is 96.9 Å². The molecule has 6 fully saturated rings. The lowest BCUT2D eigenvalue weighted by atomic mass is 9.44. The molecule has 6 rings (SSSR count). The Labute approximate surface area is 261 Å². The fourth-order valence-electron chi connectivity index (χ4n) is 11.4. The van der Waals surface area contributed by atoms with E-state index >= 15 is 0 Å². The predicted molar refractivity (Wildman–Crippen MR) is 168 cm³/mol. The molecule has 2 aliphatic heterocycles. The molecular formula is C35H62N4O4+2. The van der Waals surface area contributed by atoms with Crippen molar-refractivity contribution in [3.63, 3.8) is 0 Å². The highest BCUT2D eigenvalue weighted by Gasteiger charge is 2.65. The first-order valence-corrected chi connectivity index (χ1v) is 17.6. The van der Waals surface area contributed by atoms with E-state index in [9.17, 15) is 9.59 Å². The molecule has 6 aliphatic rings. The van der Waals surface area contributed by atoms with Crippen molar-refractivity contribution in [3.8, 4) is 0 Å². The number of ether oxygens (including phenoxy) is 2. The molecule has 244 valence electrons. The molecule has 0 bridgehead atoms. The molecule has 43 heavy (non-hydrogen) atoms. The molecule has 4 saturated carbocycles. The summed E-state index contributed by atoms with van der Waals surface area (Å²) < 4.78 is 14.6. The zero-order chi connectivity index (χ0) is 30.9. The number of fused-ring (bicyclic) bond motifs is 5. The van der Waals surface area contributed by atoms with Crippen molar-refractivity contribution in [3.05, 3.63) is 0 Å². The molecule has 0 radical (unpaired) electrons. The molecule has 0 N–H and O–H groups in total. The summed E-state index contributed by atoms with van der Waals surface area (Å²) in [5.41, 5.74) is 0.308. The lowest BCUT2D eigenvalue weighted by Crippen LogP contribution is -2.64. The van der Waals surface area contributed by atoms with Gasteiger partial charge >= 0.3 is 11.9 Å². The van der Waals surface area contributed by atoms with E-state index in [2.05, 4.69) is 51.8 Å². The summed E-state index contributed by atoms with van der Waals surface area (Å²) in [7, 11) is 9.36. The summed E-state index contributed by atoms with van der Waals surface area (Å²) in [4.78, 5) is 30.2. The molecule has 0 aromatic rings. The Bertz CT molecular complexity index is 1060. The maximum Gasteiger partial charge on any atom is 0.302 e. The quantitative estimate of drug-likeness (QED) is 0.362. The summed E-state index contributed by atoms with van der Waals surface area (Å²) >= 11 is 0. The standard InChI is InChI=1S/C35H62N4O4/c1-24(40)42-32-21-26-9-10-27-28(35(26,4)23-31(32)37-15-19-39(7,8)20-16-37)11-12-34(3)29(27)22-30(33(34)43-25(2)41)36-13-17-38(5,6)18-14-36/h26-33H,9-23H2,1-8H3/q+2/t26-,27+,28-,29-,30-,31-,32-,33-,34+,35+/m0/s1. The fourth-order valence-corrected chi connectivity index (χ4v) is 11.4. The number of hydrogen-bond acceptors (Lipinski definition) is 6. The number of carbonyl (C=O) groups is 2. The van der Waals surface area contributed by atoms with E-state index < -0.39 is 0 Å². The molecule has 0 unspecified atom stereocenters. The van der Waals surface area contributed by atoms with Crippen molar-refractivity contribution in [1.29, 1.82) is 0 Å². The van der Waals surface area contributed by atoms with E-state index in [0.29, 0.717) is 35.8 Å². The second-order valence-corrected chi connectivity index (χ2v) is 17.5. The monoisotopic (exact) mass is 602 g/mol. The molecule has 8 nitrogen and oxygen atoms in total. The Morgan fingerprint density at radius 3 is 1.81 bits per heavy atom. The maximum absolute atomic E-state index is 12.5. The number of nitrogens with zero attached hydrogens (tertiary/aromatic N) is 4. The van der Waals surface area contributed by atoms with Crippen LogP contribution in [0.15, 0.2) is 0 Å². The van der Waals surface area contributed by atoms with Gasteiger partial charge in [0.15, 0.2) is 0 Å². The molecule has 0 aromatic carbocycles. The third-order valence-corrected chi connectivity index (χ3v) is 14.1. The van der Waals surface area contributed by atoms with Gasteiger partial charge in [0.25, 0.3) is 0 Å². The number of esters is 2. The molecule has 0 aromatic heterocycles. The summed E-state index contributed by atoms with van der Waals surface area (Å²) in [5, 5.41) is 0. The van der Waals surface area contributed by atoms with Gasteiger partial charge in [-0.25, -0.2) is 0 Å². The maximum atomic E-state index is 12.5. The molecule has 10 atom stereocenters. The first kappa shape index (κ1) is 31.7. The zero-order valence-corrected chi connectivity index (χ0v) is 28.6. The van der Waals surface area contributed by atoms with Crippen LogP contribution >= 0.6 is 0 Å². The highest BCUT2D eigenvalue weighted by molar-refractivity contribution is 5.66. The number of carbonyl (C=O) groups excluding carboxylic acids is 2. The minimum atomic E-state index is -0.123. The number of hydrogen-bond donors (Lipinski definition) is 0. The van der Waals surface area contributed by atoms with Crippen molar-refractivity contribution in [2.24, 2.45) is 34.5 Å². The number of likely N-dealkylation sites (N-methyl/N-ethyl adjacent to an activating group) is 2. The van der Waals surface area contributed by atoms with Crippen LogP contribution < -0.4 is 0 Å². The zero-order valence-electron chi connectivity index (χ0n) is 28.6. The summed E-state index contributed by atoms with van der Waals surface area (Å²) in [6, 6.07) is 0.656. The Kier molecular flexibility index (Phi) is 8.30. The van der Waals surface area contributed by atoms with E-state index in [-0.39, 0.29) is 35.0 Å². The van der Waals surface area contributed by atoms with Crippen molar-refractivity contribution >= 4 is 11.9 Å². The van der Waals surface area contributed by atoms with Gasteiger partial charge in [-0.3, -0.25) is 19.4 Å². The van der Waals surface area contributed by atoms with Crippen molar-refractivity contribution < 1.29 is 28.0 Å². The van der Waals surface area contributed by atoms with Gasteiger partial charge in [0.05, 0.1) is 54.4 Å². The average molecular weight is 603 g/mol. The predicted octanol–water partition coefficient (Wildman–Crippen LogP) is 3.63. The first-order chi connectivity index (χ1) is 20.1. The highest BCUT2D eigenvalue weighted by atomic mass is 16.5. The number of piperazine rings is 2. The molecular weight excluding hydrogens is 540 g/mol. The smallest absolute Gasteiger partial charge is 0.302 e. The summed E-state index contributed by atoms with van der Waals surface area (Å²) in [6.45, 7) is 17.3. The van der Waals surface area contributed by atoms with Crippen LogP contribution in [0.3, 0.4) is 0 Å².